The van der Waals surface area contributed by atoms with Crippen molar-refractivity contribution in [2.75, 3.05) is 19.8 Å². The molecule has 0 spiro atoms. The molecule has 1 aliphatic rings. The minimum Gasteiger partial charge on any atom is -0.486 e. The van der Waals surface area contributed by atoms with E-state index in [1.807, 2.05) is 13.8 Å². The molecule has 0 aliphatic carbocycles. The van der Waals surface area contributed by atoms with Crippen molar-refractivity contribution in [3.8, 4) is 11.5 Å². The summed E-state index contributed by atoms with van der Waals surface area (Å²) in [6.45, 7) is 5.74. The van der Waals surface area contributed by atoms with E-state index in [1.54, 1.807) is 12.1 Å². The number of ether oxygens (including phenoxy) is 2. The van der Waals surface area contributed by atoms with Gasteiger partial charge in [-0.25, -0.2) is 0 Å². The minimum atomic E-state index is -0.627. The normalized spacial score (nSPS) is 17.3. The van der Waals surface area contributed by atoms with Crippen LogP contribution in [-0.4, -0.2) is 30.9 Å². The van der Waals surface area contributed by atoms with Crippen LogP contribution in [0.1, 0.15) is 25.5 Å². The number of aliphatic hydroxyl groups excluding tert-OH is 1. The van der Waals surface area contributed by atoms with Gasteiger partial charge in [0.05, 0.1) is 11.1 Å². The maximum Gasteiger partial charge on any atom is 0.179 e. The summed E-state index contributed by atoms with van der Waals surface area (Å²) < 4.78 is 10.9. The first-order valence-electron chi connectivity index (χ1n) is 6.14. The molecule has 4 nitrogen and oxygen atoms in total. The van der Waals surface area contributed by atoms with Crippen LogP contribution in [0, 0.1) is 0 Å². The quantitative estimate of drug-likeness (QED) is 0.881. The van der Waals surface area contributed by atoms with Crippen LogP contribution < -0.4 is 14.8 Å². The Bertz CT molecular complexity index is 425. The van der Waals surface area contributed by atoms with E-state index in [1.165, 1.54) is 0 Å². The van der Waals surface area contributed by atoms with Crippen LogP contribution in [-0.2, 0) is 0 Å². The van der Waals surface area contributed by atoms with Crippen LogP contribution in [0.5, 0.6) is 11.5 Å². The maximum atomic E-state index is 10.2. The molecule has 5 heteroatoms. The Labute approximate surface area is 112 Å². The van der Waals surface area contributed by atoms with Crippen molar-refractivity contribution in [3.05, 3.63) is 22.7 Å². The van der Waals surface area contributed by atoms with Crippen molar-refractivity contribution in [2.45, 2.75) is 26.0 Å². The van der Waals surface area contributed by atoms with Crippen LogP contribution in [0.2, 0.25) is 5.02 Å². The third kappa shape index (κ3) is 2.71. The van der Waals surface area contributed by atoms with E-state index >= 15 is 0 Å². The summed E-state index contributed by atoms with van der Waals surface area (Å²) in [7, 11) is 0. The molecule has 2 rings (SSSR count). The van der Waals surface area contributed by atoms with Gasteiger partial charge in [0, 0.05) is 6.04 Å². The SMILES string of the molecule is CCNC(C)C(O)c1cc(Cl)c2c(c1)OCCO2. The zero-order valence-corrected chi connectivity index (χ0v) is 11.3. The molecular weight excluding hydrogens is 254 g/mol. The van der Waals surface area contributed by atoms with Crippen LogP contribution in [0.3, 0.4) is 0 Å². The zero-order chi connectivity index (χ0) is 13.1. The maximum absolute atomic E-state index is 10.2. The second kappa shape index (κ2) is 5.78. The number of fused-ring (bicyclic) bond motifs is 1. The molecule has 18 heavy (non-hydrogen) atoms. The fraction of sp³-hybridized carbons (Fsp3) is 0.538. The van der Waals surface area contributed by atoms with Gasteiger partial charge in [-0.3, -0.25) is 0 Å². The Morgan fingerprint density at radius 1 is 1.39 bits per heavy atom. The monoisotopic (exact) mass is 271 g/mol. The molecule has 2 N–H and O–H groups in total. The summed E-state index contributed by atoms with van der Waals surface area (Å²) in [6, 6.07) is 3.47. The molecule has 1 aliphatic heterocycles. The number of hydrogen-bond acceptors (Lipinski definition) is 4. The zero-order valence-electron chi connectivity index (χ0n) is 10.6. The fourth-order valence-corrected chi connectivity index (χ4v) is 2.30. The molecule has 0 fully saturated rings. The predicted octanol–water partition coefficient (Wildman–Crippen LogP) is 2.14. The molecule has 2 atom stereocenters. The summed E-state index contributed by atoms with van der Waals surface area (Å²) in [5, 5.41) is 13.9. The van der Waals surface area contributed by atoms with Gasteiger partial charge in [0.25, 0.3) is 0 Å². The lowest BCUT2D eigenvalue weighted by Crippen LogP contribution is -2.32. The van der Waals surface area contributed by atoms with Crippen molar-refractivity contribution in [1.29, 1.82) is 0 Å². The lowest BCUT2D eigenvalue weighted by atomic mass is 10.0. The van der Waals surface area contributed by atoms with E-state index < -0.39 is 6.10 Å². The van der Waals surface area contributed by atoms with Gasteiger partial charge >= 0.3 is 0 Å². The van der Waals surface area contributed by atoms with Crippen molar-refractivity contribution in [1.82, 2.24) is 5.32 Å². The van der Waals surface area contributed by atoms with E-state index in [0.29, 0.717) is 29.7 Å². The summed E-state index contributed by atoms with van der Waals surface area (Å²) >= 11 is 6.14. The average Bonchev–Trinajstić information content (AvgIpc) is 2.38. The van der Waals surface area contributed by atoms with Gasteiger partial charge < -0.3 is 19.9 Å². The average molecular weight is 272 g/mol. The van der Waals surface area contributed by atoms with Gasteiger partial charge in [0.15, 0.2) is 11.5 Å². The van der Waals surface area contributed by atoms with Crippen LogP contribution in [0.25, 0.3) is 0 Å². The standard InChI is InChI=1S/C13H18ClNO3/c1-3-15-8(2)12(16)9-6-10(14)13-11(7-9)17-4-5-18-13/h6-8,12,15-16H,3-5H2,1-2H3. The number of nitrogens with one attached hydrogen (secondary N) is 1. The van der Waals surface area contributed by atoms with Crippen LogP contribution in [0.15, 0.2) is 12.1 Å². The number of hydrogen-bond donors (Lipinski definition) is 2. The number of likely N-dealkylation sites (N-methyl/N-ethyl adjacent to an activating group) is 1. The molecular formula is C13H18ClNO3. The van der Waals surface area contributed by atoms with Crippen molar-refractivity contribution in [2.24, 2.45) is 0 Å². The second-order valence-electron chi connectivity index (χ2n) is 4.32. The van der Waals surface area contributed by atoms with E-state index in [0.717, 1.165) is 12.1 Å². The Morgan fingerprint density at radius 3 is 2.83 bits per heavy atom. The summed E-state index contributed by atoms with van der Waals surface area (Å²) in [5.41, 5.74) is 0.734. The van der Waals surface area contributed by atoms with E-state index in [2.05, 4.69) is 5.32 Å². The lowest BCUT2D eigenvalue weighted by molar-refractivity contribution is 0.135. The van der Waals surface area contributed by atoms with E-state index in [9.17, 15) is 5.11 Å². The number of rotatable bonds is 4. The molecule has 0 aromatic heterocycles. The first-order chi connectivity index (χ1) is 8.63. The van der Waals surface area contributed by atoms with Crippen molar-refractivity contribution < 1.29 is 14.6 Å². The third-order valence-corrected chi connectivity index (χ3v) is 3.24. The van der Waals surface area contributed by atoms with Crippen molar-refractivity contribution in [3.63, 3.8) is 0 Å². The van der Waals surface area contributed by atoms with Crippen LogP contribution in [0.4, 0.5) is 0 Å². The van der Waals surface area contributed by atoms with Gasteiger partial charge in [-0.05, 0) is 31.2 Å². The van der Waals surface area contributed by atoms with E-state index in [4.69, 9.17) is 21.1 Å². The fourth-order valence-electron chi connectivity index (χ4n) is 2.02. The highest BCUT2D eigenvalue weighted by molar-refractivity contribution is 6.32. The van der Waals surface area contributed by atoms with Gasteiger partial charge in [0.1, 0.15) is 13.2 Å². The molecule has 0 radical (unpaired) electrons. The Morgan fingerprint density at radius 2 is 2.11 bits per heavy atom. The molecule has 1 heterocycles. The predicted molar refractivity (Wildman–Crippen MR) is 70.5 cm³/mol. The largest absolute Gasteiger partial charge is 0.486 e. The summed E-state index contributed by atoms with van der Waals surface area (Å²) in [5.74, 6) is 1.17. The molecule has 0 bridgehead atoms. The minimum absolute atomic E-state index is 0.0476. The van der Waals surface area contributed by atoms with E-state index in [-0.39, 0.29) is 6.04 Å². The third-order valence-electron chi connectivity index (χ3n) is 2.96. The van der Waals surface area contributed by atoms with Gasteiger partial charge in [-0.15, -0.1) is 0 Å². The molecule has 0 saturated carbocycles. The molecule has 0 saturated heterocycles. The number of benzene rings is 1. The van der Waals surface area contributed by atoms with Gasteiger partial charge in [0.2, 0.25) is 0 Å². The topological polar surface area (TPSA) is 50.7 Å². The van der Waals surface area contributed by atoms with Crippen LogP contribution >= 0.6 is 11.6 Å². The number of halogens is 1. The summed E-state index contributed by atoms with van der Waals surface area (Å²) in [4.78, 5) is 0. The molecule has 100 valence electrons. The Hall–Kier alpha value is -0.970. The molecule has 2 unspecified atom stereocenters. The molecule has 1 aromatic rings. The molecule has 0 amide bonds. The molecule has 1 aromatic carbocycles. The smallest absolute Gasteiger partial charge is 0.179 e. The number of aliphatic hydroxyl groups is 1. The second-order valence-corrected chi connectivity index (χ2v) is 4.73. The Balaban J connectivity index is 2.26. The highest BCUT2D eigenvalue weighted by Gasteiger charge is 2.22. The highest BCUT2D eigenvalue weighted by atomic mass is 35.5. The summed E-state index contributed by atoms with van der Waals surface area (Å²) in [6.07, 6.45) is -0.627. The first-order valence-corrected chi connectivity index (χ1v) is 6.51. The first kappa shape index (κ1) is 13.5. The Kier molecular flexibility index (Phi) is 4.32. The van der Waals surface area contributed by atoms with Crippen molar-refractivity contribution >= 4 is 11.6 Å². The van der Waals surface area contributed by atoms with Gasteiger partial charge in [-0.2, -0.15) is 0 Å². The lowest BCUT2D eigenvalue weighted by Gasteiger charge is -2.24. The van der Waals surface area contributed by atoms with Gasteiger partial charge in [-0.1, -0.05) is 18.5 Å². The highest BCUT2D eigenvalue weighted by Crippen LogP contribution is 2.40.